The Balaban J connectivity index is 2.42. The Morgan fingerprint density at radius 2 is 1.91 bits per heavy atom. The maximum atomic E-state index is 10.8. The van der Waals surface area contributed by atoms with Gasteiger partial charge in [-0.1, -0.05) is 13.3 Å². The molecule has 0 bridgehead atoms. The third-order valence-corrected chi connectivity index (χ3v) is 3.86. The number of benzene rings is 1. The van der Waals surface area contributed by atoms with Gasteiger partial charge in [-0.2, -0.15) is 0 Å². The average molecular weight is 320 g/mol. The van der Waals surface area contributed by atoms with E-state index in [2.05, 4.69) is 11.5 Å². The quantitative estimate of drug-likeness (QED) is 0.767. The molecule has 0 spiro atoms. The molecule has 0 saturated heterocycles. The number of nitrogens with zero attached hydrogens (tertiary/aromatic N) is 2. The van der Waals surface area contributed by atoms with Crippen molar-refractivity contribution in [2.24, 2.45) is 0 Å². The predicted molar refractivity (Wildman–Crippen MR) is 88.3 cm³/mol. The smallest absolute Gasteiger partial charge is 0.303 e. The number of aromatic nitrogens is 2. The van der Waals surface area contributed by atoms with Crippen LogP contribution in [0.15, 0.2) is 12.1 Å². The summed E-state index contributed by atoms with van der Waals surface area (Å²) in [4.78, 5) is 15.5. The Kier molecular flexibility index (Phi) is 5.84. The lowest BCUT2D eigenvalue weighted by molar-refractivity contribution is -0.137. The van der Waals surface area contributed by atoms with Crippen molar-refractivity contribution in [3.63, 3.8) is 0 Å². The summed E-state index contributed by atoms with van der Waals surface area (Å²) in [5.74, 6) is 1.52. The fourth-order valence-corrected chi connectivity index (χ4v) is 2.67. The zero-order valence-electron chi connectivity index (χ0n) is 14.0. The fourth-order valence-electron chi connectivity index (χ4n) is 2.67. The van der Waals surface area contributed by atoms with E-state index in [1.807, 2.05) is 12.1 Å². The minimum atomic E-state index is -0.774. The van der Waals surface area contributed by atoms with Gasteiger partial charge >= 0.3 is 5.97 Å². The summed E-state index contributed by atoms with van der Waals surface area (Å²) in [6.07, 6.45) is 3.75. The molecule has 6 nitrogen and oxygen atoms in total. The molecule has 0 unspecified atom stereocenters. The van der Waals surface area contributed by atoms with Crippen molar-refractivity contribution in [2.75, 3.05) is 14.2 Å². The number of aryl methyl sites for hydroxylation is 2. The third kappa shape index (κ3) is 3.94. The van der Waals surface area contributed by atoms with E-state index in [-0.39, 0.29) is 6.42 Å². The SMILES string of the molecule is CCCCc1nc2cc(OC)c(OC)cc2n1CCCC(=O)O. The maximum absolute atomic E-state index is 10.8. The van der Waals surface area contributed by atoms with E-state index >= 15 is 0 Å². The van der Waals surface area contributed by atoms with E-state index in [9.17, 15) is 4.79 Å². The standard InChI is InChI=1S/C17H24N2O4/c1-4-5-7-16-18-12-10-14(22-2)15(23-3)11-13(12)19(16)9-6-8-17(20)21/h10-11H,4-9H2,1-3H3,(H,20,21). The van der Waals surface area contributed by atoms with Crippen LogP contribution in [0.1, 0.15) is 38.4 Å². The van der Waals surface area contributed by atoms with Crippen molar-refractivity contribution in [3.05, 3.63) is 18.0 Å². The van der Waals surface area contributed by atoms with Gasteiger partial charge in [0.25, 0.3) is 0 Å². The maximum Gasteiger partial charge on any atom is 0.303 e. The number of carboxylic acids is 1. The molecule has 0 aliphatic rings. The molecule has 0 saturated carbocycles. The molecule has 126 valence electrons. The first-order valence-corrected chi connectivity index (χ1v) is 7.93. The highest BCUT2D eigenvalue weighted by Gasteiger charge is 2.15. The highest BCUT2D eigenvalue weighted by molar-refractivity contribution is 5.80. The Morgan fingerprint density at radius 3 is 2.52 bits per heavy atom. The number of carbonyl (C=O) groups is 1. The summed E-state index contributed by atoms with van der Waals surface area (Å²) in [7, 11) is 3.21. The molecule has 0 aliphatic carbocycles. The molecule has 0 atom stereocenters. The van der Waals surface area contributed by atoms with Gasteiger partial charge in [-0.15, -0.1) is 0 Å². The van der Waals surface area contributed by atoms with Gasteiger partial charge in [-0.25, -0.2) is 4.98 Å². The van der Waals surface area contributed by atoms with Crippen molar-refractivity contribution in [2.45, 2.75) is 45.6 Å². The van der Waals surface area contributed by atoms with Gasteiger partial charge < -0.3 is 19.1 Å². The molecular weight excluding hydrogens is 296 g/mol. The van der Waals surface area contributed by atoms with Crippen LogP contribution in [0.2, 0.25) is 0 Å². The molecular formula is C17H24N2O4. The largest absolute Gasteiger partial charge is 0.493 e. The average Bonchev–Trinajstić information content (AvgIpc) is 2.88. The number of methoxy groups -OCH3 is 2. The molecule has 0 amide bonds. The van der Waals surface area contributed by atoms with E-state index in [1.54, 1.807) is 14.2 Å². The minimum Gasteiger partial charge on any atom is -0.493 e. The van der Waals surface area contributed by atoms with Crippen molar-refractivity contribution >= 4 is 17.0 Å². The summed E-state index contributed by atoms with van der Waals surface area (Å²) < 4.78 is 12.8. The number of fused-ring (bicyclic) bond motifs is 1. The van der Waals surface area contributed by atoms with Gasteiger partial charge in [-0.3, -0.25) is 4.79 Å². The highest BCUT2D eigenvalue weighted by atomic mass is 16.5. The first kappa shape index (κ1) is 17.1. The van der Waals surface area contributed by atoms with Gasteiger partial charge in [0.05, 0.1) is 25.3 Å². The highest BCUT2D eigenvalue weighted by Crippen LogP contribution is 2.32. The molecule has 0 fully saturated rings. The molecule has 2 rings (SSSR count). The summed E-state index contributed by atoms with van der Waals surface area (Å²) >= 11 is 0. The molecule has 0 aliphatic heterocycles. The zero-order chi connectivity index (χ0) is 16.8. The lowest BCUT2D eigenvalue weighted by Gasteiger charge is -2.10. The number of unbranched alkanes of at least 4 members (excludes halogenated alkanes) is 1. The molecule has 1 aromatic heterocycles. The van der Waals surface area contributed by atoms with Crippen LogP contribution < -0.4 is 9.47 Å². The van der Waals surface area contributed by atoms with Crippen LogP contribution in [0.5, 0.6) is 11.5 Å². The Morgan fingerprint density at radius 1 is 1.22 bits per heavy atom. The van der Waals surface area contributed by atoms with E-state index in [4.69, 9.17) is 19.6 Å². The van der Waals surface area contributed by atoms with Gasteiger partial charge in [0, 0.05) is 31.5 Å². The summed E-state index contributed by atoms with van der Waals surface area (Å²) in [6.45, 7) is 2.78. The molecule has 23 heavy (non-hydrogen) atoms. The second-order valence-electron chi connectivity index (χ2n) is 5.48. The predicted octanol–water partition coefficient (Wildman–Crippen LogP) is 3.26. The Bertz CT molecular complexity index is 679. The summed E-state index contributed by atoms with van der Waals surface area (Å²) in [5.41, 5.74) is 1.81. The number of rotatable bonds is 9. The van der Waals surface area contributed by atoms with Crippen molar-refractivity contribution in [3.8, 4) is 11.5 Å². The molecule has 6 heteroatoms. The number of ether oxygens (including phenoxy) is 2. The monoisotopic (exact) mass is 320 g/mol. The summed E-state index contributed by atoms with van der Waals surface area (Å²) in [5, 5.41) is 8.86. The number of imidazole rings is 1. The van der Waals surface area contributed by atoms with Crippen molar-refractivity contribution in [1.29, 1.82) is 0 Å². The van der Waals surface area contributed by atoms with Crippen LogP contribution in [0, 0.1) is 0 Å². The molecule has 1 N–H and O–H groups in total. The summed E-state index contributed by atoms with van der Waals surface area (Å²) in [6, 6.07) is 3.79. The van der Waals surface area contributed by atoms with Gasteiger partial charge in [0.15, 0.2) is 11.5 Å². The van der Waals surface area contributed by atoms with Crippen LogP contribution in [0.25, 0.3) is 11.0 Å². The molecule has 1 heterocycles. The van der Waals surface area contributed by atoms with Crippen LogP contribution in [0.4, 0.5) is 0 Å². The second-order valence-corrected chi connectivity index (χ2v) is 5.48. The lowest BCUT2D eigenvalue weighted by atomic mass is 10.2. The van der Waals surface area contributed by atoms with Gasteiger partial charge in [0.1, 0.15) is 5.82 Å². The lowest BCUT2D eigenvalue weighted by Crippen LogP contribution is -2.06. The second kappa shape index (κ2) is 7.85. The Labute approximate surface area is 136 Å². The van der Waals surface area contributed by atoms with E-state index in [0.29, 0.717) is 24.5 Å². The Hall–Kier alpha value is -2.24. The number of hydrogen-bond acceptors (Lipinski definition) is 4. The molecule has 2 aromatic rings. The van der Waals surface area contributed by atoms with Crippen molar-refractivity contribution in [1.82, 2.24) is 9.55 Å². The number of carboxylic acid groups (broad SMARTS) is 1. The van der Waals surface area contributed by atoms with Crippen LogP contribution >= 0.6 is 0 Å². The topological polar surface area (TPSA) is 73.6 Å². The van der Waals surface area contributed by atoms with E-state index in [1.165, 1.54) is 0 Å². The number of hydrogen-bond donors (Lipinski definition) is 1. The van der Waals surface area contributed by atoms with Crippen molar-refractivity contribution < 1.29 is 19.4 Å². The van der Waals surface area contributed by atoms with E-state index in [0.717, 1.165) is 36.1 Å². The molecule has 0 radical (unpaired) electrons. The van der Waals surface area contributed by atoms with Crippen LogP contribution in [0.3, 0.4) is 0 Å². The first-order chi connectivity index (χ1) is 11.1. The van der Waals surface area contributed by atoms with Crippen LogP contribution in [-0.4, -0.2) is 34.8 Å². The number of aliphatic carboxylic acids is 1. The fraction of sp³-hybridized carbons (Fsp3) is 0.529. The van der Waals surface area contributed by atoms with Gasteiger partial charge in [-0.05, 0) is 12.8 Å². The third-order valence-electron chi connectivity index (χ3n) is 3.86. The first-order valence-electron chi connectivity index (χ1n) is 7.93. The minimum absolute atomic E-state index is 0.153. The molecule has 1 aromatic carbocycles. The normalized spacial score (nSPS) is 10.9. The van der Waals surface area contributed by atoms with E-state index < -0.39 is 5.97 Å². The zero-order valence-corrected chi connectivity index (χ0v) is 14.0. The van der Waals surface area contributed by atoms with Crippen LogP contribution in [-0.2, 0) is 17.8 Å². The van der Waals surface area contributed by atoms with Gasteiger partial charge in [0.2, 0.25) is 0 Å².